The van der Waals surface area contributed by atoms with Gasteiger partial charge in [-0.15, -0.1) is 0 Å². The minimum absolute atomic E-state index is 0.0728. The number of anilines is 1. The van der Waals surface area contributed by atoms with Crippen LogP contribution in [0, 0.1) is 23.1 Å². The fraction of sp³-hybridized carbons (Fsp3) is 0.571. The summed E-state index contributed by atoms with van der Waals surface area (Å²) in [6.07, 6.45) is -1.78. The maximum Gasteiger partial charge on any atom is 0.407 e. The molecule has 2 amide bonds. The van der Waals surface area contributed by atoms with Crippen molar-refractivity contribution >= 4 is 23.7 Å². The zero-order valence-corrected chi connectivity index (χ0v) is 17.6. The van der Waals surface area contributed by atoms with Crippen LogP contribution in [0.2, 0.25) is 0 Å². The number of benzene rings is 1. The molecule has 1 aromatic rings. The van der Waals surface area contributed by atoms with Crippen LogP contribution in [0.4, 0.5) is 14.9 Å². The third-order valence-corrected chi connectivity index (χ3v) is 5.42. The molecule has 2 atom stereocenters. The van der Waals surface area contributed by atoms with Crippen molar-refractivity contribution in [3.63, 3.8) is 0 Å². The maximum atomic E-state index is 14.6. The molecule has 0 saturated carbocycles. The highest BCUT2D eigenvalue weighted by Crippen LogP contribution is 2.39. The van der Waals surface area contributed by atoms with Gasteiger partial charge < -0.3 is 25.2 Å². The lowest BCUT2D eigenvalue weighted by atomic mass is 9.78. The first-order valence-electron chi connectivity index (χ1n) is 9.81. The van der Waals surface area contributed by atoms with Gasteiger partial charge in [-0.2, -0.15) is 0 Å². The fourth-order valence-electron chi connectivity index (χ4n) is 3.58. The third kappa shape index (κ3) is 5.27. The van der Waals surface area contributed by atoms with E-state index in [1.54, 1.807) is 20.8 Å². The van der Waals surface area contributed by atoms with E-state index in [0.29, 0.717) is 12.8 Å². The number of aliphatic hydroxyl groups excluding tert-OH is 1. The molecule has 2 unspecified atom stereocenters. The second-order valence-corrected chi connectivity index (χ2v) is 8.51. The van der Waals surface area contributed by atoms with Gasteiger partial charge in [0.2, 0.25) is 5.91 Å². The van der Waals surface area contributed by atoms with Crippen LogP contribution in [-0.4, -0.2) is 53.3 Å². The van der Waals surface area contributed by atoms with E-state index in [-0.39, 0.29) is 30.3 Å². The second-order valence-electron chi connectivity index (χ2n) is 8.51. The maximum absolute atomic E-state index is 14.6. The molecule has 0 bridgehead atoms. The van der Waals surface area contributed by atoms with Crippen LogP contribution in [0.5, 0.6) is 0 Å². The largest absolute Gasteiger partial charge is 0.469 e. The van der Waals surface area contributed by atoms with E-state index in [1.807, 2.05) is 0 Å². The van der Waals surface area contributed by atoms with E-state index in [2.05, 4.69) is 5.32 Å². The van der Waals surface area contributed by atoms with Crippen LogP contribution in [0.1, 0.15) is 45.3 Å². The molecule has 1 aliphatic heterocycles. The smallest absolute Gasteiger partial charge is 0.407 e. The van der Waals surface area contributed by atoms with Gasteiger partial charge >= 0.3 is 12.1 Å². The summed E-state index contributed by atoms with van der Waals surface area (Å²) < 4.78 is 19.5. The highest BCUT2D eigenvalue weighted by molar-refractivity contribution is 5.95. The highest BCUT2D eigenvalue weighted by Gasteiger charge is 2.40. The Morgan fingerprint density at radius 1 is 1.23 bits per heavy atom. The van der Waals surface area contributed by atoms with Gasteiger partial charge in [0.05, 0.1) is 24.8 Å². The quantitative estimate of drug-likeness (QED) is 0.626. The molecule has 0 spiro atoms. The second kappa shape index (κ2) is 9.42. The summed E-state index contributed by atoms with van der Waals surface area (Å²) in [5.74, 6) is -3.23. The number of nitrogens with zero attached hydrogens (tertiary/aromatic N) is 1. The normalized spacial score (nSPS) is 17.2. The lowest BCUT2D eigenvalue weighted by Crippen LogP contribution is -2.42. The van der Waals surface area contributed by atoms with Crippen LogP contribution in [0.15, 0.2) is 18.2 Å². The molecule has 8 nitrogen and oxygen atoms in total. The number of amides is 2. The number of aliphatic hydroxyl groups is 1. The van der Waals surface area contributed by atoms with Gasteiger partial charge in [0.25, 0.3) is 0 Å². The van der Waals surface area contributed by atoms with Gasteiger partial charge in [-0.05, 0) is 24.8 Å². The number of ether oxygens (including phenoxy) is 1. The van der Waals surface area contributed by atoms with Crippen LogP contribution in [-0.2, 0) is 14.3 Å². The van der Waals surface area contributed by atoms with Gasteiger partial charge in [0, 0.05) is 24.1 Å². The van der Waals surface area contributed by atoms with Crippen molar-refractivity contribution < 1.29 is 33.7 Å². The Kier molecular flexibility index (Phi) is 7.41. The fourth-order valence-corrected chi connectivity index (χ4v) is 3.58. The summed E-state index contributed by atoms with van der Waals surface area (Å²) in [5.41, 5.74) is -0.902. The molecule has 1 aliphatic rings. The van der Waals surface area contributed by atoms with Crippen molar-refractivity contribution in [1.82, 2.24) is 4.90 Å². The minimum atomic E-state index is -1.44. The first-order chi connectivity index (χ1) is 14.0. The number of esters is 1. The number of piperidine rings is 1. The first kappa shape index (κ1) is 23.6. The van der Waals surface area contributed by atoms with Gasteiger partial charge in [0.1, 0.15) is 5.82 Å². The molecule has 30 heavy (non-hydrogen) atoms. The summed E-state index contributed by atoms with van der Waals surface area (Å²) in [4.78, 5) is 37.3. The molecule has 9 heteroatoms. The van der Waals surface area contributed by atoms with E-state index >= 15 is 0 Å². The monoisotopic (exact) mass is 424 g/mol. The van der Waals surface area contributed by atoms with Crippen LogP contribution in [0.3, 0.4) is 0 Å². The highest BCUT2D eigenvalue weighted by atomic mass is 19.1. The van der Waals surface area contributed by atoms with E-state index in [1.165, 1.54) is 24.1 Å². The molecule has 166 valence electrons. The molecule has 3 N–H and O–H groups in total. The number of nitrogens with one attached hydrogen (secondary N) is 1. The summed E-state index contributed by atoms with van der Waals surface area (Å²) in [6, 6.07) is 4.00. The molecule has 0 aliphatic carbocycles. The predicted molar refractivity (Wildman–Crippen MR) is 107 cm³/mol. The standard InChI is InChI=1S/C21H29FN2O6/c1-21(2,3)19(27)23-16-13(6-5-7-14(16)22)17(25)15(18(26)30-4)12-8-10-24(11-9-12)20(28)29/h5-7,12,15,17,25H,8-11H2,1-4H3,(H,23,27)(H,28,29). The Hall–Kier alpha value is -2.68. The molecule has 1 aromatic carbocycles. The SMILES string of the molecule is COC(=O)C(C1CCN(C(=O)O)CC1)C(O)c1cccc(F)c1NC(=O)C(C)(C)C. The Morgan fingerprint density at radius 2 is 1.83 bits per heavy atom. The molecule has 1 saturated heterocycles. The first-order valence-corrected chi connectivity index (χ1v) is 9.81. The molecular weight excluding hydrogens is 395 g/mol. The van der Waals surface area contributed by atoms with Crippen LogP contribution in [0.25, 0.3) is 0 Å². The molecule has 1 heterocycles. The van der Waals surface area contributed by atoms with E-state index in [0.717, 1.165) is 6.07 Å². The van der Waals surface area contributed by atoms with Gasteiger partial charge in [-0.25, -0.2) is 9.18 Å². The van der Waals surface area contributed by atoms with Crippen molar-refractivity contribution in [3.8, 4) is 0 Å². The number of methoxy groups -OCH3 is 1. The number of likely N-dealkylation sites (tertiary alicyclic amines) is 1. The number of para-hydroxylation sites is 1. The Morgan fingerprint density at radius 3 is 2.33 bits per heavy atom. The summed E-state index contributed by atoms with van der Waals surface area (Å²) >= 11 is 0. The summed E-state index contributed by atoms with van der Waals surface area (Å²) in [6.45, 7) is 5.46. The van der Waals surface area contributed by atoms with E-state index in [4.69, 9.17) is 9.84 Å². The van der Waals surface area contributed by atoms with Gasteiger partial charge in [-0.1, -0.05) is 32.9 Å². The number of carboxylic acid groups (broad SMARTS) is 1. The summed E-state index contributed by atoms with van der Waals surface area (Å²) in [7, 11) is 1.20. The third-order valence-electron chi connectivity index (χ3n) is 5.42. The van der Waals surface area contributed by atoms with Crippen molar-refractivity contribution in [2.24, 2.45) is 17.3 Å². The van der Waals surface area contributed by atoms with E-state index in [9.17, 15) is 23.9 Å². The van der Waals surface area contributed by atoms with Crippen LogP contribution < -0.4 is 5.32 Å². The van der Waals surface area contributed by atoms with Gasteiger partial charge in [0.15, 0.2) is 0 Å². The zero-order chi connectivity index (χ0) is 22.6. The molecule has 1 fully saturated rings. The predicted octanol–water partition coefficient (Wildman–Crippen LogP) is 3.02. The Bertz CT molecular complexity index is 799. The molecular formula is C21H29FN2O6. The van der Waals surface area contributed by atoms with Crippen molar-refractivity contribution in [2.75, 3.05) is 25.5 Å². The summed E-state index contributed by atoms with van der Waals surface area (Å²) in [5, 5.41) is 22.7. The van der Waals surface area contributed by atoms with Crippen molar-refractivity contribution in [3.05, 3.63) is 29.6 Å². The number of halogens is 1. The van der Waals surface area contributed by atoms with Crippen LogP contribution >= 0.6 is 0 Å². The average Bonchev–Trinajstić information content (AvgIpc) is 2.68. The average molecular weight is 424 g/mol. The molecule has 2 rings (SSSR count). The van der Waals surface area contributed by atoms with Gasteiger partial charge in [-0.3, -0.25) is 9.59 Å². The number of carbonyl (C=O) groups excluding carboxylic acids is 2. The zero-order valence-electron chi connectivity index (χ0n) is 17.6. The number of carbonyl (C=O) groups is 3. The number of rotatable bonds is 5. The Balaban J connectivity index is 2.36. The Labute approximate surface area is 175 Å². The lowest BCUT2D eigenvalue weighted by Gasteiger charge is -2.36. The lowest BCUT2D eigenvalue weighted by molar-refractivity contribution is -0.153. The van der Waals surface area contributed by atoms with E-state index < -0.39 is 41.2 Å². The minimum Gasteiger partial charge on any atom is -0.469 e. The van der Waals surface area contributed by atoms with Crippen molar-refractivity contribution in [2.45, 2.75) is 39.7 Å². The number of hydrogen-bond donors (Lipinski definition) is 3. The number of hydrogen-bond acceptors (Lipinski definition) is 5. The van der Waals surface area contributed by atoms with Crippen molar-refractivity contribution in [1.29, 1.82) is 0 Å². The topological polar surface area (TPSA) is 116 Å². The molecule has 0 aromatic heterocycles. The molecule has 0 radical (unpaired) electrons.